The van der Waals surface area contributed by atoms with Gasteiger partial charge in [-0.15, -0.1) is 0 Å². The van der Waals surface area contributed by atoms with Gasteiger partial charge in [0, 0.05) is 92.8 Å². The van der Waals surface area contributed by atoms with Gasteiger partial charge in [-0.2, -0.15) is 0 Å². The van der Waals surface area contributed by atoms with E-state index in [1.807, 2.05) is 142 Å². The maximum atomic E-state index is 8.53. The zero-order chi connectivity index (χ0) is 85.9. The van der Waals surface area contributed by atoms with E-state index in [9.17, 15) is 0 Å². The highest BCUT2D eigenvalue weighted by Gasteiger charge is 2.27. The molecule has 0 aliphatic carbocycles. The van der Waals surface area contributed by atoms with Crippen LogP contribution in [0.3, 0.4) is 0 Å². The minimum absolute atomic E-state index is 0.247. The summed E-state index contributed by atoms with van der Waals surface area (Å²) >= 11 is 0. The minimum atomic E-state index is -1.56. The largest absolute Gasteiger partial charge is 0.212 e. The molecule has 0 spiro atoms. The molecule has 0 atom stereocenters. The summed E-state index contributed by atoms with van der Waals surface area (Å²) in [5.74, 6) is -0.250. The minimum Gasteiger partial charge on any atom is -0.201 e. The van der Waals surface area contributed by atoms with Crippen molar-refractivity contribution in [2.24, 2.45) is 73.6 Å². The van der Waals surface area contributed by atoms with E-state index in [4.69, 9.17) is 8.22 Å². The lowest BCUT2D eigenvalue weighted by Crippen LogP contribution is -2.33. The normalized spacial score (nSPS) is 13.0. The second kappa shape index (κ2) is 38.3. The van der Waals surface area contributed by atoms with Gasteiger partial charge in [0.05, 0.1) is 1.37 Å². The number of hydrogen-bond donors (Lipinski definition) is 0. The van der Waals surface area contributed by atoms with Gasteiger partial charge in [-0.05, 0) is 219 Å². The fraction of sp³-hybridized carbons (Fsp3) is 0.461. The molecule has 0 fully saturated rings. The molecule has 574 valence electrons. The average Bonchev–Trinajstić information content (AvgIpc) is 0.772. The van der Waals surface area contributed by atoms with Crippen molar-refractivity contribution in [2.75, 3.05) is 0 Å². The van der Waals surface area contributed by atoms with Gasteiger partial charge >= 0.3 is 0 Å². The zero-order valence-electron chi connectivity index (χ0n) is 79.4. The first-order valence-corrected chi connectivity index (χ1v) is 38.9. The van der Waals surface area contributed by atoms with E-state index < -0.39 is 23.6 Å². The van der Waals surface area contributed by atoms with Crippen molar-refractivity contribution >= 4 is 0 Å². The van der Waals surface area contributed by atoms with Crippen LogP contribution in [0.1, 0.15) is 232 Å². The SMILES string of the molecule is Cc1cc(-c2ccccc2C)[n+](C)cc1CC(C)(C)C.Cc1ccc(-c2ccc(CC(C)(C)C)c[n+]2C)c(C)c1.Cc1ccccc1-c1cc(CC(C)(C)C)c(CC(C)(C)C)c[n+]1C.[2H]C(C)(C)C.[2H]C([2H])(c1c[n+](C)c(-c2ccccc2C)cc1C)C(C)(C)C.[2H]c1cc(-c2ccccc2C)[n+](C)cc1C([2H])([2H])C(C)(C)C. The Kier molecular flexibility index (Phi) is 28.6. The molecule has 10 rings (SSSR count). The number of hydrogen-bond acceptors (Lipinski definition) is 0. The van der Waals surface area contributed by atoms with E-state index in [1.165, 1.54) is 95.0 Å². The van der Waals surface area contributed by atoms with Gasteiger partial charge in [0.15, 0.2) is 31.0 Å². The Labute approximate surface area is 663 Å². The fourth-order valence-corrected chi connectivity index (χ4v) is 13.4. The Hall–Kier alpha value is -8.15. The molecule has 0 saturated heterocycles. The molecule has 0 radical (unpaired) electrons. The van der Waals surface area contributed by atoms with Gasteiger partial charge in [0.1, 0.15) is 35.2 Å². The summed E-state index contributed by atoms with van der Waals surface area (Å²) < 4.78 is 59.9. The zero-order valence-corrected chi connectivity index (χ0v) is 73.4. The molecule has 0 N–H and O–H groups in total. The van der Waals surface area contributed by atoms with Crippen molar-refractivity contribution in [3.8, 4) is 56.3 Å². The smallest absolute Gasteiger partial charge is 0.201 e. The van der Waals surface area contributed by atoms with Crippen molar-refractivity contribution in [1.29, 1.82) is 0 Å². The molecule has 5 aromatic heterocycles. The molecule has 107 heavy (non-hydrogen) atoms. The van der Waals surface area contributed by atoms with Crippen LogP contribution in [0.5, 0.6) is 0 Å². The van der Waals surface area contributed by atoms with E-state index in [1.54, 1.807) is 12.3 Å². The van der Waals surface area contributed by atoms with Crippen molar-refractivity contribution in [1.82, 2.24) is 0 Å². The first-order valence-electron chi connectivity index (χ1n) is 41.9. The Balaban J connectivity index is 0.000000249. The summed E-state index contributed by atoms with van der Waals surface area (Å²) in [4.78, 5) is 0. The van der Waals surface area contributed by atoms with Crippen molar-refractivity contribution < 1.29 is 31.1 Å². The summed E-state index contributed by atoms with van der Waals surface area (Å²) in [7, 11) is 10.4. The highest BCUT2D eigenvalue weighted by molar-refractivity contribution is 5.65. The number of rotatable bonds is 11. The maximum absolute atomic E-state index is 8.53. The van der Waals surface area contributed by atoms with E-state index in [0.717, 1.165) is 59.3 Å². The van der Waals surface area contributed by atoms with Crippen LogP contribution in [0.15, 0.2) is 189 Å². The van der Waals surface area contributed by atoms with Crippen LogP contribution in [0, 0.1) is 93.8 Å². The van der Waals surface area contributed by atoms with Crippen LogP contribution < -0.4 is 22.8 Å². The maximum Gasteiger partial charge on any atom is 0.212 e. The third-order valence-corrected chi connectivity index (χ3v) is 18.0. The molecule has 0 saturated carbocycles. The molecule has 0 aliphatic rings. The first-order chi connectivity index (χ1) is 51.6. The topological polar surface area (TPSA) is 19.4 Å². The lowest BCUT2D eigenvalue weighted by molar-refractivity contribution is -0.661. The second-order valence-electron chi connectivity index (χ2n) is 37.8. The third-order valence-electron chi connectivity index (χ3n) is 18.0. The number of pyridine rings is 5. The molecule has 0 aliphatic heterocycles. The van der Waals surface area contributed by atoms with E-state index >= 15 is 0 Å². The van der Waals surface area contributed by atoms with E-state index in [0.29, 0.717) is 21.8 Å². The molecule has 0 bridgehead atoms. The summed E-state index contributed by atoms with van der Waals surface area (Å²) in [6.07, 6.45) is 12.1. The molecule has 0 unspecified atom stereocenters. The average molecular weight is 1450 g/mol. The highest BCUT2D eigenvalue weighted by atomic mass is 14.9. The predicted octanol–water partition coefficient (Wildman–Crippen LogP) is 24.6. The molecule has 5 nitrogen and oxygen atoms in total. The van der Waals surface area contributed by atoms with Crippen molar-refractivity contribution in [2.45, 2.75) is 239 Å². The molecule has 5 heterocycles. The van der Waals surface area contributed by atoms with Crippen LogP contribution in [-0.4, -0.2) is 0 Å². The summed E-state index contributed by atoms with van der Waals surface area (Å²) in [5.41, 5.74) is 29.4. The predicted molar refractivity (Wildman–Crippen MR) is 463 cm³/mol. The monoisotopic (exact) mass is 1450 g/mol. The van der Waals surface area contributed by atoms with Crippen LogP contribution >= 0.6 is 0 Å². The summed E-state index contributed by atoms with van der Waals surface area (Å²) in [5, 5.41) is 0. The van der Waals surface area contributed by atoms with Gasteiger partial charge in [-0.25, -0.2) is 22.8 Å². The second-order valence-corrected chi connectivity index (χ2v) is 37.8. The highest BCUT2D eigenvalue weighted by Crippen LogP contribution is 2.33. The van der Waals surface area contributed by atoms with Crippen LogP contribution in [0.25, 0.3) is 56.3 Å². The van der Waals surface area contributed by atoms with Gasteiger partial charge < -0.3 is 0 Å². The lowest BCUT2D eigenvalue weighted by atomic mass is 9.81. The quantitative estimate of drug-likeness (QED) is 0.115. The number of aryl methyl sites for hydroxylation is 13. The van der Waals surface area contributed by atoms with Gasteiger partial charge in [-0.1, -0.05) is 236 Å². The fourth-order valence-electron chi connectivity index (χ4n) is 13.4. The third kappa shape index (κ3) is 30.1. The Morgan fingerprint density at radius 2 is 0.607 bits per heavy atom. The summed E-state index contributed by atoms with van der Waals surface area (Å²) in [6.45, 7) is 61.7. The standard InChI is InChI=1S/C23H34N.3C19H26N.C18H24N.C4H10/c1-17-11-9-10-12-20(17)21-13-18(14-22(2,3)4)19(16-24(21)8)15-23(5,6)7;1-14-7-9-17(15(2)11-14)18-10-8-16(13-20(18)6)12-19(3,4)5;2*1-14-9-7-8-10-17(14)18-11-15(2)16(13-20(18)6)12-19(3,4)5;1-14-8-6-7-9-16(14)17-11-10-15(13-19(17)5)12-18(2,3)4;1-4(2)3/h9-13,16H,14-15H2,1-8H3;3*7-11,13H,12H2,1-6H3;6-11,13H,12H2,1-5H3;4H,1-3H3/q5*+1;/i;;12D2;;10D,12D2;4D. The molecular formula is C102H146N5+5. The van der Waals surface area contributed by atoms with Gasteiger partial charge in [0.2, 0.25) is 28.5 Å². The molecule has 10 aromatic rings. The molecule has 5 heteroatoms. The summed E-state index contributed by atoms with van der Waals surface area (Å²) in [6, 6.07) is 53.6. The van der Waals surface area contributed by atoms with Gasteiger partial charge in [-0.3, -0.25) is 0 Å². The Morgan fingerprint density at radius 3 is 1.00 bits per heavy atom. The Bertz CT molecular complexity index is 4720. The number of nitrogens with zero attached hydrogens (tertiary/aromatic N) is 5. The van der Waals surface area contributed by atoms with Crippen molar-refractivity contribution in [3.63, 3.8) is 0 Å². The number of benzene rings is 5. The van der Waals surface area contributed by atoms with Crippen LogP contribution in [-0.2, 0) is 73.7 Å². The van der Waals surface area contributed by atoms with Crippen LogP contribution in [0.2, 0.25) is 0 Å². The molecule has 0 amide bonds. The van der Waals surface area contributed by atoms with E-state index in [2.05, 4.69) is 287 Å². The lowest BCUT2D eigenvalue weighted by Gasteiger charge is -2.24. The Morgan fingerprint density at radius 1 is 0.290 bits per heavy atom. The van der Waals surface area contributed by atoms with E-state index in [-0.39, 0.29) is 17.4 Å². The van der Waals surface area contributed by atoms with Crippen LogP contribution in [0.4, 0.5) is 0 Å². The number of aromatic nitrogens is 5. The molecule has 5 aromatic carbocycles. The van der Waals surface area contributed by atoms with Gasteiger partial charge in [0.25, 0.3) is 0 Å². The first kappa shape index (κ1) is 79.9. The molecular weight excluding hydrogens is 1300 g/mol. The van der Waals surface area contributed by atoms with Crippen molar-refractivity contribution in [3.05, 3.63) is 267 Å².